The second kappa shape index (κ2) is 3.22. The summed E-state index contributed by atoms with van der Waals surface area (Å²) in [7, 11) is 0. The van der Waals surface area contributed by atoms with Gasteiger partial charge in [-0.05, 0) is 34.7 Å². The van der Waals surface area contributed by atoms with E-state index in [0.717, 1.165) is 14.7 Å². The summed E-state index contributed by atoms with van der Waals surface area (Å²) in [6, 6.07) is 5.82. The van der Waals surface area contributed by atoms with Gasteiger partial charge in [0.15, 0.2) is 5.58 Å². The highest BCUT2D eigenvalue weighted by atomic mass is 127. The number of fused-ring (bicyclic) bond motifs is 1. The van der Waals surface area contributed by atoms with E-state index >= 15 is 0 Å². The van der Waals surface area contributed by atoms with Crippen molar-refractivity contribution in [3.05, 3.63) is 27.7 Å². The van der Waals surface area contributed by atoms with Gasteiger partial charge in [-0.25, -0.2) is 4.98 Å². The van der Waals surface area contributed by atoms with Crippen molar-refractivity contribution in [3.63, 3.8) is 0 Å². The molecule has 12 heavy (non-hydrogen) atoms. The fourth-order valence-corrected chi connectivity index (χ4v) is 1.73. The van der Waals surface area contributed by atoms with Gasteiger partial charge in [-0.1, -0.05) is 6.07 Å². The number of rotatable bonds is 1. The van der Waals surface area contributed by atoms with Gasteiger partial charge in [0.05, 0.1) is 5.88 Å². The van der Waals surface area contributed by atoms with Gasteiger partial charge in [-0.15, -0.1) is 11.6 Å². The molecule has 1 heterocycles. The molecule has 0 amide bonds. The van der Waals surface area contributed by atoms with E-state index in [1.807, 2.05) is 18.2 Å². The van der Waals surface area contributed by atoms with Crippen LogP contribution in [0, 0.1) is 3.57 Å². The molecule has 0 atom stereocenters. The number of para-hydroxylation sites is 1. The van der Waals surface area contributed by atoms with Gasteiger partial charge >= 0.3 is 0 Å². The van der Waals surface area contributed by atoms with E-state index in [1.54, 1.807) is 0 Å². The molecule has 1 aromatic heterocycles. The maximum atomic E-state index is 5.59. The molecule has 0 fully saturated rings. The van der Waals surface area contributed by atoms with Crippen LogP contribution in [0.1, 0.15) is 5.89 Å². The van der Waals surface area contributed by atoms with Crippen LogP contribution in [-0.2, 0) is 5.88 Å². The van der Waals surface area contributed by atoms with Crippen molar-refractivity contribution >= 4 is 45.3 Å². The highest BCUT2D eigenvalue weighted by Crippen LogP contribution is 2.21. The quantitative estimate of drug-likeness (QED) is 0.596. The third-order valence-electron chi connectivity index (χ3n) is 1.53. The van der Waals surface area contributed by atoms with Gasteiger partial charge in [-0.2, -0.15) is 0 Å². The second-order valence-corrected chi connectivity index (χ2v) is 3.76. The largest absolute Gasteiger partial charge is 0.439 e. The molecule has 0 aliphatic heterocycles. The van der Waals surface area contributed by atoms with Crippen LogP contribution in [0.15, 0.2) is 22.6 Å². The molecule has 2 nitrogen and oxygen atoms in total. The zero-order valence-electron chi connectivity index (χ0n) is 6.05. The SMILES string of the molecule is ClCc1nc2c(I)cccc2o1. The van der Waals surface area contributed by atoms with E-state index in [9.17, 15) is 0 Å². The lowest BCUT2D eigenvalue weighted by atomic mass is 10.3. The maximum absolute atomic E-state index is 5.59. The van der Waals surface area contributed by atoms with Crippen molar-refractivity contribution in [1.82, 2.24) is 4.98 Å². The van der Waals surface area contributed by atoms with Crippen LogP contribution in [0.5, 0.6) is 0 Å². The van der Waals surface area contributed by atoms with Crippen LogP contribution in [0.2, 0.25) is 0 Å². The summed E-state index contributed by atoms with van der Waals surface area (Å²) in [5.41, 5.74) is 1.70. The average Bonchev–Trinajstić information content (AvgIpc) is 2.49. The van der Waals surface area contributed by atoms with E-state index in [-0.39, 0.29) is 0 Å². The fraction of sp³-hybridized carbons (Fsp3) is 0.125. The summed E-state index contributed by atoms with van der Waals surface area (Å²) in [6.45, 7) is 0. The van der Waals surface area contributed by atoms with Gasteiger partial charge in [-0.3, -0.25) is 0 Å². The van der Waals surface area contributed by atoms with Crippen molar-refractivity contribution in [2.24, 2.45) is 0 Å². The molecule has 0 bridgehead atoms. The van der Waals surface area contributed by atoms with Crippen molar-refractivity contribution < 1.29 is 4.42 Å². The Hall–Kier alpha value is -0.290. The monoisotopic (exact) mass is 293 g/mol. The summed E-state index contributed by atoms with van der Waals surface area (Å²) in [4.78, 5) is 4.22. The zero-order valence-corrected chi connectivity index (χ0v) is 8.96. The fourth-order valence-electron chi connectivity index (χ4n) is 1.02. The molecule has 0 N–H and O–H groups in total. The molecule has 0 radical (unpaired) electrons. The smallest absolute Gasteiger partial charge is 0.210 e. The Morgan fingerprint density at radius 3 is 3.00 bits per heavy atom. The third-order valence-corrected chi connectivity index (χ3v) is 2.63. The molecule has 2 rings (SSSR count). The van der Waals surface area contributed by atoms with Crippen molar-refractivity contribution in [2.75, 3.05) is 0 Å². The van der Waals surface area contributed by atoms with Gasteiger partial charge in [0.1, 0.15) is 5.52 Å². The summed E-state index contributed by atoms with van der Waals surface area (Å²) < 4.78 is 6.44. The molecule has 0 saturated heterocycles. The van der Waals surface area contributed by atoms with Crippen LogP contribution in [0.25, 0.3) is 11.1 Å². The molecule has 1 aromatic carbocycles. The number of oxazole rings is 1. The predicted octanol–water partition coefficient (Wildman–Crippen LogP) is 3.17. The van der Waals surface area contributed by atoms with Crippen LogP contribution in [-0.4, -0.2) is 4.98 Å². The highest BCUT2D eigenvalue weighted by molar-refractivity contribution is 14.1. The van der Waals surface area contributed by atoms with Crippen molar-refractivity contribution in [3.8, 4) is 0 Å². The predicted molar refractivity (Wildman–Crippen MR) is 56.3 cm³/mol. The molecular formula is C8H5ClINO. The van der Waals surface area contributed by atoms with E-state index < -0.39 is 0 Å². The van der Waals surface area contributed by atoms with Gasteiger partial charge in [0.25, 0.3) is 0 Å². The Morgan fingerprint density at radius 1 is 1.50 bits per heavy atom. The molecule has 0 unspecified atom stereocenters. The zero-order chi connectivity index (χ0) is 8.55. The van der Waals surface area contributed by atoms with E-state index in [0.29, 0.717) is 11.8 Å². The first-order valence-electron chi connectivity index (χ1n) is 3.41. The van der Waals surface area contributed by atoms with Crippen LogP contribution >= 0.6 is 34.2 Å². The molecule has 0 spiro atoms. The van der Waals surface area contributed by atoms with E-state index in [4.69, 9.17) is 16.0 Å². The number of aromatic nitrogens is 1. The van der Waals surface area contributed by atoms with Crippen molar-refractivity contribution in [1.29, 1.82) is 0 Å². The lowest BCUT2D eigenvalue weighted by molar-refractivity contribution is 0.555. The summed E-state index contributed by atoms with van der Waals surface area (Å²) in [6.07, 6.45) is 0. The minimum Gasteiger partial charge on any atom is -0.439 e. The summed E-state index contributed by atoms with van der Waals surface area (Å²) in [5, 5.41) is 0. The van der Waals surface area contributed by atoms with Crippen LogP contribution in [0.3, 0.4) is 0 Å². The van der Waals surface area contributed by atoms with Crippen LogP contribution in [0.4, 0.5) is 0 Å². The summed E-state index contributed by atoms with van der Waals surface area (Å²) in [5.74, 6) is 0.904. The minimum atomic E-state index is 0.324. The Labute approximate surface area is 88.1 Å². The number of nitrogens with zero attached hydrogens (tertiary/aromatic N) is 1. The first-order valence-corrected chi connectivity index (χ1v) is 5.02. The maximum Gasteiger partial charge on any atom is 0.210 e. The molecule has 62 valence electrons. The van der Waals surface area contributed by atoms with Gasteiger partial charge in [0, 0.05) is 3.57 Å². The Kier molecular flexibility index (Phi) is 2.23. The Morgan fingerprint density at radius 2 is 2.33 bits per heavy atom. The average molecular weight is 293 g/mol. The van der Waals surface area contributed by atoms with E-state index in [1.165, 1.54) is 0 Å². The molecule has 4 heteroatoms. The first-order chi connectivity index (χ1) is 5.81. The lowest BCUT2D eigenvalue weighted by Gasteiger charge is -1.86. The van der Waals surface area contributed by atoms with Crippen LogP contribution < -0.4 is 0 Å². The standard InChI is InChI=1S/C8H5ClINO/c9-4-7-11-8-5(10)2-1-3-6(8)12-7/h1-3H,4H2. The number of hydrogen-bond acceptors (Lipinski definition) is 2. The highest BCUT2D eigenvalue weighted by Gasteiger charge is 2.06. The Balaban J connectivity index is 2.74. The molecule has 0 saturated carbocycles. The topological polar surface area (TPSA) is 26.0 Å². The lowest BCUT2D eigenvalue weighted by Crippen LogP contribution is -1.76. The summed E-state index contributed by atoms with van der Waals surface area (Å²) >= 11 is 7.81. The number of benzene rings is 1. The molecule has 2 aromatic rings. The second-order valence-electron chi connectivity index (χ2n) is 2.33. The Bertz CT molecular complexity index is 412. The van der Waals surface area contributed by atoms with Gasteiger partial charge < -0.3 is 4.42 Å². The van der Waals surface area contributed by atoms with Crippen molar-refractivity contribution in [2.45, 2.75) is 5.88 Å². The first kappa shape index (κ1) is 8.31. The van der Waals surface area contributed by atoms with E-state index in [2.05, 4.69) is 27.6 Å². The van der Waals surface area contributed by atoms with Gasteiger partial charge in [0.2, 0.25) is 5.89 Å². The number of halogens is 2. The third kappa shape index (κ3) is 1.31. The minimum absolute atomic E-state index is 0.324. The number of hydrogen-bond donors (Lipinski definition) is 0. The molecular weight excluding hydrogens is 288 g/mol. The normalized spacial score (nSPS) is 10.8. The molecule has 0 aliphatic carbocycles. The molecule has 0 aliphatic rings. The number of alkyl halides is 1.